The highest BCUT2D eigenvalue weighted by Crippen LogP contribution is 2.49. The third kappa shape index (κ3) is 3.25. The highest BCUT2D eigenvalue weighted by molar-refractivity contribution is 9.10. The van der Waals surface area contributed by atoms with Crippen LogP contribution in [-0.2, 0) is 6.42 Å². The molecular weight excluding hydrogens is 317 g/mol. The van der Waals surface area contributed by atoms with E-state index in [0.29, 0.717) is 6.04 Å². The molecule has 2 fully saturated rings. The second-order valence-corrected chi connectivity index (χ2v) is 7.55. The number of hydrogen-bond donors (Lipinski definition) is 1. The summed E-state index contributed by atoms with van der Waals surface area (Å²) in [5.74, 6) is 2.72. The van der Waals surface area contributed by atoms with Crippen molar-refractivity contribution in [3.8, 4) is 0 Å². The number of hydrogen-bond acceptors (Lipinski definition) is 1. The summed E-state index contributed by atoms with van der Waals surface area (Å²) in [4.78, 5) is 0. The lowest BCUT2D eigenvalue weighted by molar-refractivity contribution is 0.281. The molecule has 1 nitrogen and oxygen atoms in total. The van der Waals surface area contributed by atoms with Crippen LogP contribution in [0.4, 0.5) is 4.39 Å². The molecule has 20 heavy (non-hydrogen) atoms. The predicted octanol–water partition coefficient (Wildman–Crippen LogP) is 4.55. The van der Waals surface area contributed by atoms with Crippen molar-refractivity contribution in [2.45, 2.75) is 44.6 Å². The van der Waals surface area contributed by atoms with E-state index < -0.39 is 0 Å². The van der Waals surface area contributed by atoms with Crippen molar-refractivity contribution in [2.24, 2.45) is 17.8 Å². The minimum absolute atomic E-state index is 0.149. The molecule has 4 unspecified atom stereocenters. The molecule has 0 aliphatic heterocycles. The Morgan fingerprint density at radius 2 is 2.15 bits per heavy atom. The van der Waals surface area contributed by atoms with Crippen molar-refractivity contribution in [2.75, 3.05) is 7.05 Å². The number of nitrogens with one attached hydrogen (secondary N) is 1. The lowest BCUT2D eigenvalue weighted by Crippen LogP contribution is -2.31. The first kappa shape index (κ1) is 14.5. The average molecular weight is 340 g/mol. The number of halogens is 2. The number of rotatable bonds is 5. The minimum atomic E-state index is -0.149. The van der Waals surface area contributed by atoms with E-state index in [1.165, 1.54) is 38.2 Å². The lowest BCUT2D eigenvalue weighted by Gasteiger charge is -2.26. The fraction of sp³-hybridized carbons (Fsp3) is 0.647. The molecule has 0 saturated heterocycles. The molecule has 0 radical (unpaired) electrons. The molecule has 2 aliphatic carbocycles. The zero-order valence-electron chi connectivity index (χ0n) is 12.0. The van der Waals surface area contributed by atoms with Crippen LogP contribution < -0.4 is 5.32 Å². The van der Waals surface area contributed by atoms with Gasteiger partial charge in [0.2, 0.25) is 0 Å². The van der Waals surface area contributed by atoms with Gasteiger partial charge < -0.3 is 5.32 Å². The first-order chi connectivity index (χ1) is 9.64. The van der Waals surface area contributed by atoms with E-state index in [1.54, 1.807) is 6.07 Å². The lowest BCUT2D eigenvalue weighted by atomic mass is 9.83. The van der Waals surface area contributed by atoms with Crippen LogP contribution in [-0.4, -0.2) is 13.1 Å². The van der Waals surface area contributed by atoms with Gasteiger partial charge in [0.05, 0.1) is 0 Å². The molecule has 2 aliphatic rings. The Bertz CT molecular complexity index is 456. The first-order valence-electron chi connectivity index (χ1n) is 7.76. The molecule has 3 heteroatoms. The standard InChI is InChI=1S/C17H23BrFN/c1-20-17(8-12-6-15(18)10-16(19)7-12)9-14-5-11-2-3-13(14)4-11/h6-7,10-11,13-14,17,20H,2-5,8-9H2,1H3. The first-order valence-corrected chi connectivity index (χ1v) is 8.55. The Hall–Kier alpha value is -0.410. The molecule has 3 rings (SSSR count). The molecule has 4 atom stereocenters. The van der Waals surface area contributed by atoms with E-state index in [1.807, 2.05) is 13.1 Å². The second kappa shape index (κ2) is 6.15. The van der Waals surface area contributed by atoms with Crippen molar-refractivity contribution in [1.82, 2.24) is 5.32 Å². The largest absolute Gasteiger partial charge is 0.317 e. The van der Waals surface area contributed by atoms with Crippen LogP contribution in [0.5, 0.6) is 0 Å². The van der Waals surface area contributed by atoms with E-state index in [9.17, 15) is 4.39 Å². The topological polar surface area (TPSA) is 12.0 Å². The summed E-state index contributed by atoms with van der Waals surface area (Å²) in [6.07, 6.45) is 7.95. The van der Waals surface area contributed by atoms with Gasteiger partial charge in [0.1, 0.15) is 5.82 Å². The molecule has 2 bridgehead atoms. The molecule has 0 heterocycles. The molecule has 1 aromatic carbocycles. The van der Waals surface area contributed by atoms with Gasteiger partial charge in [0.25, 0.3) is 0 Å². The van der Waals surface area contributed by atoms with Crippen LogP contribution in [0.25, 0.3) is 0 Å². The molecule has 110 valence electrons. The fourth-order valence-corrected chi connectivity index (χ4v) is 4.86. The van der Waals surface area contributed by atoms with Crippen LogP contribution in [0.1, 0.15) is 37.7 Å². The third-order valence-corrected chi connectivity index (χ3v) is 5.74. The van der Waals surface area contributed by atoms with Gasteiger partial charge in [-0.1, -0.05) is 22.4 Å². The van der Waals surface area contributed by atoms with Crippen LogP contribution in [0.2, 0.25) is 0 Å². The smallest absolute Gasteiger partial charge is 0.124 e. The van der Waals surface area contributed by atoms with Gasteiger partial charge >= 0.3 is 0 Å². The third-order valence-electron chi connectivity index (χ3n) is 5.28. The summed E-state index contributed by atoms with van der Waals surface area (Å²) in [7, 11) is 2.03. The maximum absolute atomic E-state index is 13.5. The van der Waals surface area contributed by atoms with Crippen molar-refractivity contribution in [3.63, 3.8) is 0 Å². The van der Waals surface area contributed by atoms with E-state index in [2.05, 4.69) is 21.2 Å². The molecule has 2 saturated carbocycles. The van der Waals surface area contributed by atoms with E-state index in [-0.39, 0.29) is 5.82 Å². The maximum atomic E-state index is 13.5. The van der Waals surface area contributed by atoms with Gasteiger partial charge in [-0.25, -0.2) is 4.39 Å². The maximum Gasteiger partial charge on any atom is 0.124 e. The highest BCUT2D eigenvalue weighted by Gasteiger charge is 2.39. The van der Waals surface area contributed by atoms with Crippen LogP contribution in [0.3, 0.4) is 0 Å². The Morgan fingerprint density at radius 3 is 2.75 bits per heavy atom. The SMILES string of the molecule is CNC(Cc1cc(F)cc(Br)c1)CC1CC2CCC1C2. The van der Waals surface area contributed by atoms with Gasteiger partial charge in [0, 0.05) is 10.5 Å². The zero-order chi connectivity index (χ0) is 14.1. The zero-order valence-corrected chi connectivity index (χ0v) is 13.6. The van der Waals surface area contributed by atoms with Gasteiger partial charge in [-0.3, -0.25) is 0 Å². The minimum Gasteiger partial charge on any atom is -0.317 e. The van der Waals surface area contributed by atoms with Crippen molar-refractivity contribution in [3.05, 3.63) is 34.1 Å². The molecule has 1 N–H and O–H groups in total. The van der Waals surface area contributed by atoms with E-state index >= 15 is 0 Å². The summed E-state index contributed by atoms with van der Waals surface area (Å²) in [6, 6.07) is 5.69. The van der Waals surface area contributed by atoms with Crippen LogP contribution in [0.15, 0.2) is 22.7 Å². The summed E-state index contributed by atoms with van der Waals surface area (Å²) in [5, 5.41) is 3.44. The second-order valence-electron chi connectivity index (χ2n) is 6.64. The molecule has 0 aromatic heterocycles. The monoisotopic (exact) mass is 339 g/mol. The van der Waals surface area contributed by atoms with Gasteiger partial charge in [-0.05, 0) is 80.7 Å². The Balaban J connectivity index is 1.62. The normalized spacial score (nSPS) is 29.9. The fourth-order valence-electron chi connectivity index (χ4n) is 4.35. The summed E-state index contributed by atoms with van der Waals surface area (Å²) in [5.41, 5.74) is 1.08. The summed E-state index contributed by atoms with van der Waals surface area (Å²) < 4.78 is 14.3. The van der Waals surface area contributed by atoms with Crippen molar-refractivity contribution in [1.29, 1.82) is 0 Å². The van der Waals surface area contributed by atoms with Crippen LogP contribution in [0, 0.1) is 23.6 Å². The number of likely N-dealkylation sites (N-methyl/N-ethyl adjacent to an activating group) is 1. The Morgan fingerprint density at radius 1 is 1.30 bits per heavy atom. The molecule has 0 amide bonds. The van der Waals surface area contributed by atoms with E-state index in [0.717, 1.165) is 34.2 Å². The Labute approximate surface area is 129 Å². The van der Waals surface area contributed by atoms with E-state index in [4.69, 9.17) is 0 Å². The van der Waals surface area contributed by atoms with Crippen molar-refractivity contribution >= 4 is 15.9 Å². The van der Waals surface area contributed by atoms with Crippen LogP contribution >= 0.6 is 15.9 Å². The summed E-state index contributed by atoms with van der Waals surface area (Å²) in [6.45, 7) is 0. The Kier molecular flexibility index (Phi) is 4.46. The predicted molar refractivity (Wildman–Crippen MR) is 84.2 cm³/mol. The number of benzene rings is 1. The van der Waals surface area contributed by atoms with Crippen molar-refractivity contribution < 1.29 is 4.39 Å². The molecule has 0 spiro atoms. The van der Waals surface area contributed by atoms with Gasteiger partial charge in [-0.15, -0.1) is 0 Å². The van der Waals surface area contributed by atoms with Gasteiger partial charge in [0.15, 0.2) is 0 Å². The number of fused-ring (bicyclic) bond motifs is 2. The quantitative estimate of drug-likeness (QED) is 0.829. The highest BCUT2D eigenvalue weighted by atomic mass is 79.9. The molecular formula is C17H23BrFN. The van der Waals surface area contributed by atoms with Gasteiger partial charge in [-0.2, -0.15) is 0 Å². The average Bonchev–Trinajstić information content (AvgIpc) is 2.99. The summed E-state index contributed by atoms with van der Waals surface area (Å²) >= 11 is 3.38. The molecule has 1 aromatic rings.